The first-order valence-electron chi connectivity index (χ1n) is 16.3. The smallest absolute Gasteiger partial charge is 0.490 e. The standard InChI is InChI=1S/C33H38ClF2N3O4S.C2HF3O2/c34-27-12-8-25(9-13-27)24-6-10-26(11-7-24)33(35,36)31(32(40)39-20-18-28(37)19-21-39)38-44(41,42)30-16-14-29(15-17-30)43-22-23-4-2-1-3-5-23;3-2(4,5)1(6)7/h6-17,23,28,31,38H,1-5,18-22,37H2;(H,6,7)/t31-;/m1./s1. The summed E-state index contributed by atoms with van der Waals surface area (Å²) >= 11 is 5.96. The highest BCUT2D eigenvalue weighted by Crippen LogP contribution is 2.36. The molecule has 2 fully saturated rings. The van der Waals surface area contributed by atoms with Crippen LogP contribution in [0.1, 0.15) is 50.5 Å². The minimum absolute atomic E-state index is 0.144. The van der Waals surface area contributed by atoms with Crippen molar-refractivity contribution in [2.24, 2.45) is 11.7 Å². The molecule has 0 radical (unpaired) electrons. The zero-order valence-electron chi connectivity index (χ0n) is 27.4. The topological polar surface area (TPSA) is 139 Å². The highest BCUT2D eigenvalue weighted by atomic mass is 35.5. The van der Waals surface area contributed by atoms with Crippen molar-refractivity contribution in [2.45, 2.75) is 74.0 Å². The number of amides is 1. The molecule has 5 rings (SSSR count). The van der Waals surface area contributed by atoms with Crippen molar-refractivity contribution < 1.29 is 49.8 Å². The molecule has 1 saturated heterocycles. The molecule has 51 heavy (non-hydrogen) atoms. The van der Waals surface area contributed by atoms with Crippen molar-refractivity contribution in [3.8, 4) is 16.9 Å². The number of aliphatic carboxylic acids is 1. The van der Waals surface area contributed by atoms with E-state index in [0.29, 0.717) is 41.7 Å². The average Bonchev–Trinajstić information content (AvgIpc) is 3.10. The predicted molar refractivity (Wildman–Crippen MR) is 181 cm³/mol. The Kier molecular flexibility index (Phi) is 13.4. The minimum Gasteiger partial charge on any atom is -0.493 e. The van der Waals surface area contributed by atoms with E-state index in [9.17, 15) is 26.4 Å². The molecule has 2 aliphatic rings. The predicted octanol–water partition coefficient (Wildman–Crippen LogP) is 6.99. The van der Waals surface area contributed by atoms with E-state index in [4.69, 9.17) is 32.0 Å². The van der Waals surface area contributed by atoms with Crippen LogP contribution < -0.4 is 15.2 Å². The molecule has 1 heterocycles. The Labute approximate surface area is 298 Å². The van der Waals surface area contributed by atoms with Crippen molar-refractivity contribution >= 4 is 33.5 Å². The van der Waals surface area contributed by atoms with Crippen LogP contribution in [0.5, 0.6) is 5.75 Å². The first-order valence-corrected chi connectivity index (χ1v) is 18.2. The zero-order valence-corrected chi connectivity index (χ0v) is 29.0. The van der Waals surface area contributed by atoms with Gasteiger partial charge in [-0.2, -0.15) is 26.7 Å². The number of carboxylic acid groups (broad SMARTS) is 1. The summed E-state index contributed by atoms with van der Waals surface area (Å²) < 4.78 is 99.1. The zero-order chi connectivity index (χ0) is 37.4. The molecule has 3 aromatic rings. The normalized spacial score (nSPS) is 16.9. The third kappa shape index (κ3) is 11.1. The molecular weight excluding hydrogens is 721 g/mol. The second-order valence-corrected chi connectivity index (χ2v) is 14.7. The molecular formula is C35H39ClF5N3O6S. The quantitative estimate of drug-likeness (QED) is 0.190. The molecule has 0 spiro atoms. The van der Waals surface area contributed by atoms with Crippen LogP contribution in [0.4, 0.5) is 22.0 Å². The van der Waals surface area contributed by atoms with Gasteiger partial charge in [0.05, 0.1) is 11.5 Å². The van der Waals surface area contributed by atoms with E-state index in [1.165, 1.54) is 72.7 Å². The van der Waals surface area contributed by atoms with E-state index in [1.807, 2.05) is 0 Å². The highest BCUT2D eigenvalue weighted by Gasteiger charge is 2.50. The molecule has 0 bridgehead atoms. The number of sulfonamides is 1. The van der Waals surface area contributed by atoms with E-state index < -0.39 is 45.6 Å². The molecule has 0 aromatic heterocycles. The van der Waals surface area contributed by atoms with Crippen molar-refractivity contribution in [1.82, 2.24) is 9.62 Å². The third-order valence-corrected chi connectivity index (χ3v) is 10.5. The second kappa shape index (κ2) is 17.2. The van der Waals surface area contributed by atoms with Crippen molar-refractivity contribution in [2.75, 3.05) is 19.7 Å². The van der Waals surface area contributed by atoms with Gasteiger partial charge in [0.1, 0.15) is 5.75 Å². The van der Waals surface area contributed by atoms with Crippen LogP contribution in [0.3, 0.4) is 0 Å². The number of halogens is 6. The fourth-order valence-corrected chi connectivity index (χ4v) is 7.10. The van der Waals surface area contributed by atoms with Crippen LogP contribution >= 0.6 is 11.6 Å². The number of hydrogen-bond acceptors (Lipinski definition) is 6. The second-order valence-electron chi connectivity index (χ2n) is 12.5. The molecule has 1 aliphatic heterocycles. The lowest BCUT2D eigenvalue weighted by Gasteiger charge is -2.35. The SMILES string of the molecule is NC1CCN(C(=O)[C@@H](NS(=O)(=O)c2ccc(OCC3CCCCC3)cc2)C(F)(F)c2ccc(-c3ccc(Cl)cc3)cc2)CC1.O=C(O)C(F)(F)F. The number of likely N-dealkylation sites (tertiary alicyclic amines) is 1. The first-order chi connectivity index (χ1) is 24.0. The van der Waals surface area contributed by atoms with Gasteiger partial charge < -0.3 is 20.5 Å². The van der Waals surface area contributed by atoms with Gasteiger partial charge >= 0.3 is 12.1 Å². The maximum Gasteiger partial charge on any atom is 0.490 e. The Hall–Kier alpha value is -3.79. The van der Waals surface area contributed by atoms with Crippen LogP contribution in [0, 0.1) is 5.92 Å². The highest BCUT2D eigenvalue weighted by molar-refractivity contribution is 7.89. The van der Waals surface area contributed by atoms with E-state index in [0.717, 1.165) is 18.4 Å². The molecule has 0 unspecified atom stereocenters. The Morgan fingerprint density at radius 1 is 0.863 bits per heavy atom. The van der Waals surface area contributed by atoms with E-state index in [-0.39, 0.29) is 24.0 Å². The molecule has 3 aromatic carbocycles. The maximum atomic E-state index is 16.2. The summed E-state index contributed by atoms with van der Waals surface area (Å²) in [7, 11) is -4.52. The molecule has 16 heteroatoms. The van der Waals surface area contributed by atoms with Crippen LogP contribution in [0.15, 0.2) is 77.7 Å². The maximum absolute atomic E-state index is 16.2. The van der Waals surface area contributed by atoms with Crippen molar-refractivity contribution in [1.29, 1.82) is 0 Å². The minimum atomic E-state index is -5.08. The molecule has 1 atom stereocenters. The number of ether oxygens (including phenoxy) is 1. The third-order valence-electron chi connectivity index (χ3n) is 8.77. The number of carboxylic acids is 1. The Bertz CT molecular complexity index is 1710. The van der Waals surface area contributed by atoms with E-state index in [1.54, 1.807) is 24.3 Å². The van der Waals surface area contributed by atoms with Gasteiger partial charge in [0, 0.05) is 29.7 Å². The molecule has 1 saturated carbocycles. The lowest BCUT2D eigenvalue weighted by atomic mass is 9.90. The fourth-order valence-electron chi connectivity index (χ4n) is 5.78. The van der Waals surface area contributed by atoms with Gasteiger partial charge in [-0.15, -0.1) is 0 Å². The molecule has 9 nitrogen and oxygen atoms in total. The largest absolute Gasteiger partial charge is 0.493 e. The van der Waals surface area contributed by atoms with E-state index in [2.05, 4.69) is 4.72 Å². The number of alkyl halides is 5. The number of carbonyl (C=O) groups excluding carboxylic acids is 1. The van der Waals surface area contributed by atoms with Gasteiger partial charge in [-0.25, -0.2) is 13.2 Å². The monoisotopic (exact) mass is 759 g/mol. The van der Waals surface area contributed by atoms with Crippen LogP contribution in [-0.2, 0) is 25.5 Å². The fraction of sp³-hybridized carbons (Fsp3) is 0.429. The van der Waals surface area contributed by atoms with Crippen LogP contribution in [0.25, 0.3) is 11.1 Å². The molecule has 4 N–H and O–H groups in total. The summed E-state index contributed by atoms with van der Waals surface area (Å²) in [4.78, 5) is 23.5. The summed E-state index contributed by atoms with van der Waals surface area (Å²) in [6.07, 6.45) is 1.60. The van der Waals surface area contributed by atoms with Gasteiger partial charge in [0.15, 0.2) is 6.04 Å². The summed E-state index contributed by atoms with van der Waals surface area (Å²) in [5.41, 5.74) is 6.91. The average molecular weight is 760 g/mol. The van der Waals surface area contributed by atoms with Crippen LogP contribution in [-0.4, -0.2) is 68.3 Å². The van der Waals surface area contributed by atoms with Crippen molar-refractivity contribution in [3.63, 3.8) is 0 Å². The number of piperidine rings is 1. The Morgan fingerprint density at radius 2 is 1.37 bits per heavy atom. The number of rotatable bonds is 10. The molecule has 278 valence electrons. The van der Waals surface area contributed by atoms with Crippen LogP contribution in [0.2, 0.25) is 5.02 Å². The summed E-state index contributed by atoms with van der Waals surface area (Å²) in [6.45, 7) is 0.872. The van der Waals surface area contributed by atoms with Gasteiger partial charge in [-0.05, 0) is 79.1 Å². The lowest BCUT2D eigenvalue weighted by Crippen LogP contribution is -2.57. The molecule has 1 amide bonds. The number of nitrogens with one attached hydrogen (secondary N) is 1. The lowest BCUT2D eigenvalue weighted by molar-refractivity contribution is -0.192. The van der Waals surface area contributed by atoms with E-state index >= 15 is 8.78 Å². The summed E-state index contributed by atoms with van der Waals surface area (Å²) in [5.74, 6) is -6.66. The van der Waals surface area contributed by atoms with Crippen molar-refractivity contribution in [3.05, 3.63) is 83.4 Å². The molecule has 1 aliphatic carbocycles. The first kappa shape index (κ1) is 40.0. The summed E-state index contributed by atoms with van der Waals surface area (Å²) in [6, 6.07) is 15.5. The number of hydrogen-bond donors (Lipinski definition) is 3. The van der Waals surface area contributed by atoms with Gasteiger partial charge in [-0.3, -0.25) is 4.79 Å². The summed E-state index contributed by atoms with van der Waals surface area (Å²) in [5, 5.41) is 7.67. The Balaban J connectivity index is 0.000000755. The van der Waals surface area contributed by atoms with Gasteiger partial charge in [0.25, 0.3) is 5.92 Å². The van der Waals surface area contributed by atoms with Gasteiger partial charge in [0.2, 0.25) is 15.9 Å². The van der Waals surface area contributed by atoms with Gasteiger partial charge in [-0.1, -0.05) is 67.3 Å². The number of carbonyl (C=O) groups is 2. The number of nitrogens with two attached hydrogens (primary N) is 1. The number of nitrogens with zero attached hydrogens (tertiary/aromatic N) is 1. The number of benzene rings is 3. The Morgan fingerprint density at radius 3 is 1.88 bits per heavy atom.